The van der Waals surface area contributed by atoms with Gasteiger partial charge in [-0.25, -0.2) is 9.97 Å². The molecule has 4 aromatic rings. The fraction of sp³-hybridized carbons (Fsp3) is 0.233. The van der Waals surface area contributed by atoms with Crippen molar-refractivity contribution >= 4 is 29.0 Å². The number of carbonyl (C=O) groups is 1. The second-order valence-electron chi connectivity index (χ2n) is 9.42. The summed E-state index contributed by atoms with van der Waals surface area (Å²) in [6.07, 6.45) is 0.670. The van der Waals surface area contributed by atoms with Gasteiger partial charge in [-0.15, -0.1) is 0 Å². The molecule has 0 radical (unpaired) electrons. The maximum Gasteiger partial charge on any atom is 0.241 e. The Hall–Kier alpha value is -3.68. The Morgan fingerprint density at radius 2 is 1.65 bits per heavy atom. The van der Waals surface area contributed by atoms with Gasteiger partial charge in [0.25, 0.3) is 0 Å². The predicted molar refractivity (Wildman–Crippen MR) is 147 cm³/mol. The summed E-state index contributed by atoms with van der Waals surface area (Å²) in [5.41, 5.74) is 4.12. The molecule has 188 valence electrons. The van der Waals surface area contributed by atoms with Crippen molar-refractivity contribution in [1.82, 2.24) is 9.97 Å². The van der Waals surface area contributed by atoms with Crippen molar-refractivity contribution in [2.24, 2.45) is 0 Å². The lowest BCUT2D eigenvalue weighted by atomic mass is 9.96. The van der Waals surface area contributed by atoms with Gasteiger partial charge in [-0.1, -0.05) is 60.3 Å². The summed E-state index contributed by atoms with van der Waals surface area (Å²) in [4.78, 5) is 25.2. The molecule has 2 heterocycles. The van der Waals surface area contributed by atoms with E-state index >= 15 is 0 Å². The first-order valence-electron chi connectivity index (χ1n) is 12.2. The molecule has 0 fully saturated rings. The minimum Gasteiger partial charge on any atom is -0.497 e. The van der Waals surface area contributed by atoms with Crippen LogP contribution in [0.1, 0.15) is 25.1 Å². The number of methoxy groups -OCH3 is 1. The van der Waals surface area contributed by atoms with Crippen LogP contribution in [0, 0.1) is 0 Å². The van der Waals surface area contributed by atoms with Gasteiger partial charge in [0.15, 0.2) is 5.82 Å². The molecule has 37 heavy (non-hydrogen) atoms. The van der Waals surface area contributed by atoms with Gasteiger partial charge in [-0.2, -0.15) is 0 Å². The molecule has 1 aromatic heterocycles. The number of fused-ring (bicyclic) bond motifs is 1. The van der Waals surface area contributed by atoms with Gasteiger partial charge in [0.1, 0.15) is 10.8 Å². The molecule has 1 aliphatic rings. The molecule has 0 bridgehead atoms. The fourth-order valence-electron chi connectivity index (χ4n) is 4.32. The number of ether oxygens (including phenoxy) is 2. The highest BCUT2D eigenvalue weighted by molar-refractivity contribution is 8.00. The number of carbonyl (C=O) groups excluding carboxylic acids is 1. The molecule has 0 saturated carbocycles. The molecule has 7 heteroatoms. The summed E-state index contributed by atoms with van der Waals surface area (Å²) < 4.78 is 11.5. The molecular weight excluding hydrogens is 482 g/mol. The van der Waals surface area contributed by atoms with Crippen LogP contribution in [0.4, 0.5) is 11.4 Å². The number of anilines is 2. The summed E-state index contributed by atoms with van der Waals surface area (Å²) in [6.45, 7) is 4.55. The maximum atomic E-state index is 13.6. The fourth-order valence-corrected chi connectivity index (χ4v) is 5.21. The third kappa shape index (κ3) is 5.68. The van der Waals surface area contributed by atoms with E-state index in [4.69, 9.17) is 19.4 Å². The van der Waals surface area contributed by atoms with E-state index in [1.54, 1.807) is 12.0 Å². The molecule has 6 nitrogen and oxygen atoms in total. The molecular formula is C30H29N3O3S. The van der Waals surface area contributed by atoms with Crippen LogP contribution >= 0.6 is 11.8 Å². The van der Waals surface area contributed by atoms with Gasteiger partial charge in [-0.05, 0) is 50.2 Å². The highest BCUT2D eigenvalue weighted by Gasteiger charge is 2.30. The SMILES string of the molecule is COc1cccc(-c2nc3c(c(SCC(=O)N(c4ccccc4)c4ccccc4)n2)COC(C)(C)C3)c1. The first kappa shape index (κ1) is 25.0. The first-order chi connectivity index (χ1) is 17.9. The van der Waals surface area contributed by atoms with Crippen LogP contribution in [-0.2, 0) is 22.6 Å². The van der Waals surface area contributed by atoms with Crippen LogP contribution < -0.4 is 9.64 Å². The van der Waals surface area contributed by atoms with Crippen molar-refractivity contribution in [1.29, 1.82) is 0 Å². The summed E-state index contributed by atoms with van der Waals surface area (Å²) in [6, 6.07) is 27.1. The molecule has 0 saturated heterocycles. The zero-order chi connectivity index (χ0) is 25.8. The van der Waals surface area contributed by atoms with E-state index in [0.717, 1.165) is 39.0 Å². The van der Waals surface area contributed by atoms with Crippen molar-refractivity contribution < 1.29 is 14.3 Å². The van der Waals surface area contributed by atoms with Crippen LogP contribution in [-0.4, -0.2) is 34.3 Å². The Kier molecular flexibility index (Phi) is 7.26. The van der Waals surface area contributed by atoms with Gasteiger partial charge in [0.05, 0.1) is 30.8 Å². The number of benzene rings is 3. The number of nitrogens with zero attached hydrogens (tertiary/aromatic N) is 3. The third-order valence-corrected chi connectivity index (χ3v) is 7.20. The van der Waals surface area contributed by atoms with Gasteiger partial charge in [-0.3, -0.25) is 9.69 Å². The summed E-state index contributed by atoms with van der Waals surface area (Å²) in [7, 11) is 1.64. The number of amides is 1. The number of rotatable bonds is 7. The molecule has 0 atom stereocenters. The number of thioether (sulfide) groups is 1. The van der Waals surface area contributed by atoms with Crippen LogP contribution in [0.3, 0.4) is 0 Å². The molecule has 3 aromatic carbocycles. The van der Waals surface area contributed by atoms with E-state index in [-0.39, 0.29) is 17.3 Å². The van der Waals surface area contributed by atoms with Crippen molar-refractivity contribution in [3.63, 3.8) is 0 Å². The normalized spacial score (nSPS) is 14.0. The van der Waals surface area contributed by atoms with Gasteiger partial charge in [0.2, 0.25) is 5.91 Å². The van der Waals surface area contributed by atoms with Gasteiger partial charge >= 0.3 is 0 Å². The second kappa shape index (κ2) is 10.7. The van der Waals surface area contributed by atoms with E-state index in [1.165, 1.54) is 11.8 Å². The van der Waals surface area contributed by atoms with Crippen molar-refractivity contribution in [3.05, 3.63) is 96.2 Å². The topological polar surface area (TPSA) is 64.5 Å². The second-order valence-corrected chi connectivity index (χ2v) is 10.4. The molecule has 0 spiro atoms. The molecule has 0 N–H and O–H groups in total. The maximum absolute atomic E-state index is 13.6. The standard InChI is InChI=1S/C30H29N3O3S/c1-30(2)18-26-25(19-36-30)29(32-28(31-26)21-11-10-16-24(17-21)35-3)37-20-27(34)33(22-12-6-4-7-13-22)23-14-8-5-9-15-23/h4-17H,18-20H2,1-3H3. The van der Waals surface area contributed by atoms with Crippen molar-refractivity contribution in [2.45, 2.75) is 37.5 Å². The molecule has 5 rings (SSSR count). The Morgan fingerprint density at radius 3 is 2.30 bits per heavy atom. The van der Waals surface area contributed by atoms with Crippen molar-refractivity contribution in [3.8, 4) is 17.1 Å². The first-order valence-corrected chi connectivity index (χ1v) is 13.2. The van der Waals surface area contributed by atoms with E-state index in [9.17, 15) is 4.79 Å². The van der Waals surface area contributed by atoms with E-state index in [2.05, 4.69) is 13.8 Å². The monoisotopic (exact) mass is 511 g/mol. The molecule has 1 aliphatic heterocycles. The number of hydrogen-bond donors (Lipinski definition) is 0. The molecule has 0 aliphatic carbocycles. The Morgan fingerprint density at radius 1 is 0.973 bits per heavy atom. The highest BCUT2D eigenvalue weighted by Crippen LogP contribution is 2.35. The van der Waals surface area contributed by atoms with Gasteiger partial charge < -0.3 is 9.47 Å². The molecule has 1 amide bonds. The average molecular weight is 512 g/mol. The third-order valence-electron chi connectivity index (χ3n) is 6.19. The van der Waals surface area contributed by atoms with Gasteiger partial charge in [0, 0.05) is 28.9 Å². The number of aromatic nitrogens is 2. The van der Waals surface area contributed by atoms with Crippen LogP contribution in [0.5, 0.6) is 5.75 Å². The summed E-state index contributed by atoms with van der Waals surface area (Å²) in [5, 5.41) is 0.771. The largest absolute Gasteiger partial charge is 0.497 e. The lowest BCUT2D eigenvalue weighted by Gasteiger charge is -2.32. The average Bonchev–Trinajstić information content (AvgIpc) is 2.92. The number of para-hydroxylation sites is 2. The van der Waals surface area contributed by atoms with Crippen LogP contribution in [0.25, 0.3) is 11.4 Å². The molecule has 0 unspecified atom stereocenters. The van der Waals surface area contributed by atoms with E-state index in [1.807, 2.05) is 84.9 Å². The number of hydrogen-bond acceptors (Lipinski definition) is 6. The van der Waals surface area contributed by atoms with E-state index in [0.29, 0.717) is 18.9 Å². The lowest BCUT2D eigenvalue weighted by Crippen LogP contribution is -2.33. The minimum atomic E-state index is -0.317. The highest BCUT2D eigenvalue weighted by atomic mass is 32.2. The zero-order valence-corrected chi connectivity index (χ0v) is 22.0. The minimum absolute atomic E-state index is 0.0326. The van der Waals surface area contributed by atoms with E-state index < -0.39 is 0 Å². The zero-order valence-electron chi connectivity index (χ0n) is 21.2. The lowest BCUT2D eigenvalue weighted by molar-refractivity contribution is -0.115. The van der Waals surface area contributed by atoms with Crippen molar-refractivity contribution in [2.75, 3.05) is 17.8 Å². The Labute approximate surface area is 221 Å². The van der Waals surface area contributed by atoms with Crippen LogP contribution in [0.2, 0.25) is 0 Å². The summed E-state index contributed by atoms with van der Waals surface area (Å²) in [5.74, 6) is 1.55. The predicted octanol–water partition coefficient (Wildman–Crippen LogP) is 6.46. The summed E-state index contributed by atoms with van der Waals surface area (Å²) >= 11 is 1.43. The van der Waals surface area contributed by atoms with Crippen LogP contribution in [0.15, 0.2) is 90.0 Å². The Balaban J connectivity index is 1.48. The smallest absolute Gasteiger partial charge is 0.241 e. The Bertz CT molecular complexity index is 1350. The quantitative estimate of drug-likeness (QED) is 0.210.